The molecule has 1 heterocycles. The molecular weight excluding hydrogens is 348 g/mol. The van der Waals surface area contributed by atoms with Crippen LogP contribution in [0.4, 0.5) is 8.78 Å². The summed E-state index contributed by atoms with van der Waals surface area (Å²) in [6.45, 7) is 1.88. The molecule has 0 saturated carbocycles. The van der Waals surface area contributed by atoms with E-state index in [1.807, 2.05) is 6.92 Å². The van der Waals surface area contributed by atoms with Gasteiger partial charge in [-0.2, -0.15) is 0 Å². The molecule has 0 spiro atoms. The number of carbonyl (C=O) groups is 1. The minimum atomic E-state index is -0.651. The van der Waals surface area contributed by atoms with E-state index < -0.39 is 12.1 Å². The average molecular weight is 367 g/mol. The molecule has 3 aromatic rings. The third kappa shape index (κ3) is 4.97. The van der Waals surface area contributed by atoms with Crippen LogP contribution in [-0.2, 0) is 9.53 Å². The summed E-state index contributed by atoms with van der Waals surface area (Å²) in [7, 11) is 0. The molecule has 2 atom stereocenters. The number of hydrogen-bond acceptors (Lipinski definition) is 3. The van der Waals surface area contributed by atoms with Crippen molar-refractivity contribution in [1.29, 1.82) is 0 Å². The quantitative estimate of drug-likeness (QED) is 0.563. The number of hydrogen-bond donors (Lipinski definition) is 0. The van der Waals surface area contributed by atoms with E-state index in [1.54, 1.807) is 48.8 Å². The van der Waals surface area contributed by atoms with Crippen LogP contribution in [0, 0.1) is 11.6 Å². The monoisotopic (exact) mass is 367 g/mol. The summed E-state index contributed by atoms with van der Waals surface area (Å²) < 4.78 is 32.0. The molecular formula is C22H19F2NO2. The second-order valence-electron chi connectivity index (χ2n) is 6.36. The number of nitrogens with zero attached hydrogens (tertiary/aromatic N) is 1. The summed E-state index contributed by atoms with van der Waals surface area (Å²) in [5.41, 5.74) is 2.28. The Labute approximate surface area is 156 Å². The lowest BCUT2D eigenvalue weighted by atomic mass is 9.97. The van der Waals surface area contributed by atoms with Crippen LogP contribution in [0.15, 0.2) is 73.1 Å². The maximum absolute atomic E-state index is 13.3. The smallest absolute Gasteiger partial charge is 0.307 e. The average Bonchev–Trinajstić information content (AvgIpc) is 2.68. The van der Waals surface area contributed by atoms with Crippen LogP contribution in [0.25, 0.3) is 0 Å². The Morgan fingerprint density at radius 1 is 0.852 bits per heavy atom. The van der Waals surface area contributed by atoms with Crippen molar-refractivity contribution in [3.63, 3.8) is 0 Å². The summed E-state index contributed by atoms with van der Waals surface area (Å²) in [5.74, 6) is -1.19. The molecule has 0 aliphatic rings. The van der Waals surface area contributed by atoms with E-state index in [2.05, 4.69) is 4.98 Å². The molecule has 0 bridgehead atoms. The number of benzene rings is 2. The van der Waals surface area contributed by atoms with Crippen LogP contribution in [0.3, 0.4) is 0 Å². The fraction of sp³-hybridized carbons (Fsp3) is 0.182. The van der Waals surface area contributed by atoms with Gasteiger partial charge in [-0.25, -0.2) is 8.78 Å². The first kappa shape index (κ1) is 18.7. The van der Waals surface area contributed by atoms with Gasteiger partial charge in [0.15, 0.2) is 6.10 Å². The minimum absolute atomic E-state index is 0.121. The van der Waals surface area contributed by atoms with E-state index >= 15 is 0 Å². The molecule has 0 unspecified atom stereocenters. The van der Waals surface area contributed by atoms with Gasteiger partial charge >= 0.3 is 5.97 Å². The van der Waals surface area contributed by atoms with Gasteiger partial charge in [-0.05, 0) is 53.4 Å². The van der Waals surface area contributed by atoms with Gasteiger partial charge in [-0.15, -0.1) is 0 Å². The maximum atomic E-state index is 13.3. The predicted octanol–water partition coefficient (Wildman–Crippen LogP) is 5.19. The molecule has 0 saturated heterocycles. The van der Waals surface area contributed by atoms with E-state index in [0.29, 0.717) is 5.56 Å². The van der Waals surface area contributed by atoms with Crippen LogP contribution in [-0.4, -0.2) is 11.0 Å². The first-order chi connectivity index (χ1) is 13.0. The fourth-order valence-corrected chi connectivity index (χ4v) is 2.84. The molecule has 0 amide bonds. The first-order valence-corrected chi connectivity index (χ1v) is 8.63. The van der Waals surface area contributed by atoms with E-state index in [9.17, 15) is 13.6 Å². The first-order valence-electron chi connectivity index (χ1n) is 8.63. The van der Waals surface area contributed by atoms with E-state index in [1.165, 1.54) is 24.3 Å². The zero-order chi connectivity index (χ0) is 19.2. The normalized spacial score (nSPS) is 13.0. The van der Waals surface area contributed by atoms with Gasteiger partial charge in [-0.1, -0.05) is 31.2 Å². The van der Waals surface area contributed by atoms with E-state index in [-0.39, 0.29) is 24.0 Å². The summed E-state index contributed by atoms with van der Waals surface area (Å²) >= 11 is 0. The second-order valence-corrected chi connectivity index (χ2v) is 6.36. The van der Waals surface area contributed by atoms with Crippen molar-refractivity contribution < 1.29 is 18.3 Å². The third-order valence-electron chi connectivity index (χ3n) is 4.34. The lowest BCUT2D eigenvalue weighted by Gasteiger charge is -2.20. The van der Waals surface area contributed by atoms with Crippen LogP contribution in [0.1, 0.15) is 42.1 Å². The van der Waals surface area contributed by atoms with Crippen LogP contribution >= 0.6 is 0 Å². The van der Waals surface area contributed by atoms with Crippen molar-refractivity contribution in [3.8, 4) is 0 Å². The molecule has 138 valence electrons. The van der Waals surface area contributed by atoms with Gasteiger partial charge in [0.2, 0.25) is 0 Å². The number of aromatic nitrogens is 1. The molecule has 0 radical (unpaired) electrons. The molecule has 5 heteroatoms. The van der Waals surface area contributed by atoms with Crippen molar-refractivity contribution in [2.45, 2.75) is 25.4 Å². The SMILES string of the molecule is C[C@H](CC(=O)O[C@H](c1ccncc1)c1ccc(F)cc1)c1ccc(F)cc1. The van der Waals surface area contributed by atoms with E-state index in [0.717, 1.165) is 11.1 Å². The Balaban J connectivity index is 1.76. The highest BCUT2D eigenvalue weighted by Crippen LogP contribution is 2.28. The lowest BCUT2D eigenvalue weighted by molar-refractivity contribution is -0.147. The Morgan fingerprint density at radius 3 is 1.89 bits per heavy atom. The van der Waals surface area contributed by atoms with Gasteiger partial charge < -0.3 is 4.74 Å². The third-order valence-corrected chi connectivity index (χ3v) is 4.34. The van der Waals surface area contributed by atoms with Crippen LogP contribution in [0.2, 0.25) is 0 Å². The van der Waals surface area contributed by atoms with Gasteiger partial charge in [0.05, 0.1) is 6.42 Å². The Bertz CT molecular complexity index is 880. The number of carbonyl (C=O) groups excluding carboxylic acids is 1. The topological polar surface area (TPSA) is 39.2 Å². The summed E-state index contributed by atoms with van der Waals surface area (Å²) in [4.78, 5) is 16.5. The lowest BCUT2D eigenvalue weighted by Crippen LogP contribution is -2.15. The van der Waals surface area contributed by atoms with Crippen LogP contribution in [0.5, 0.6) is 0 Å². The van der Waals surface area contributed by atoms with Crippen LogP contribution < -0.4 is 0 Å². The molecule has 2 aromatic carbocycles. The number of ether oxygens (including phenoxy) is 1. The summed E-state index contributed by atoms with van der Waals surface area (Å²) in [6.07, 6.45) is 2.72. The van der Waals surface area contributed by atoms with Crippen molar-refractivity contribution in [2.75, 3.05) is 0 Å². The minimum Gasteiger partial charge on any atom is -0.453 e. The van der Waals surface area contributed by atoms with Gasteiger partial charge in [0, 0.05) is 18.0 Å². The number of pyridine rings is 1. The standard InChI is InChI=1S/C22H19F2NO2/c1-15(16-2-6-19(23)7-3-16)14-21(26)27-22(18-10-12-25-13-11-18)17-4-8-20(24)9-5-17/h2-13,15,22H,14H2,1H3/t15-,22+/m1/s1. The number of rotatable bonds is 6. The number of halogens is 2. The molecule has 27 heavy (non-hydrogen) atoms. The maximum Gasteiger partial charge on any atom is 0.307 e. The van der Waals surface area contributed by atoms with Gasteiger partial charge in [-0.3, -0.25) is 9.78 Å². The highest BCUT2D eigenvalue weighted by atomic mass is 19.1. The number of esters is 1. The summed E-state index contributed by atoms with van der Waals surface area (Å²) in [6, 6.07) is 15.4. The predicted molar refractivity (Wildman–Crippen MR) is 98.0 cm³/mol. The van der Waals surface area contributed by atoms with Crippen molar-refractivity contribution in [3.05, 3.63) is 101 Å². The van der Waals surface area contributed by atoms with Gasteiger partial charge in [0.1, 0.15) is 11.6 Å². The molecule has 3 rings (SSSR count). The van der Waals surface area contributed by atoms with Crippen molar-refractivity contribution in [1.82, 2.24) is 4.98 Å². The highest BCUT2D eigenvalue weighted by Gasteiger charge is 2.21. The Kier molecular flexibility index (Phi) is 5.91. The van der Waals surface area contributed by atoms with E-state index in [4.69, 9.17) is 4.74 Å². The van der Waals surface area contributed by atoms with Crippen molar-refractivity contribution in [2.24, 2.45) is 0 Å². The molecule has 0 fully saturated rings. The zero-order valence-corrected chi connectivity index (χ0v) is 14.8. The molecule has 0 aliphatic heterocycles. The second kappa shape index (κ2) is 8.54. The Hall–Kier alpha value is -3.08. The highest BCUT2D eigenvalue weighted by molar-refractivity contribution is 5.71. The molecule has 0 aliphatic carbocycles. The van der Waals surface area contributed by atoms with Crippen molar-refractivity contribution >= 4 is 5.97 Å². The fourth-order valence-electron chi connectivity index (χ4n) is 2.84. The summed E-state index contributed by atoms with van der Waals surface area (Å²) in [5, 5.41) is 0. The largest absolute Gasteiger partial charge is 0.453 e. The molecule has 3 nitrogen and oxygen atoms in total. The van der Waals surface area contributed by atoms with Gasteiger partial charge in [0.25, 0.3) is 0 Å². The molecule has 0 N–H and O–H groups in total. The zero-order valence-electron chi connectivity index (χ0n) is 14.8. The Morgan fingerprint density at radius 2 is 1.33 bits per heavy atom. The molecule has 1 aromatic heterocycles.